The molecule has 0 aliphatic rings. The summed E-state index contributed by atoms with van der Waals surface area (Å²) in [7, 11) is 3.26. The monoisotopic (exact) mass is 306 g/mol. The first kappa shape index (κ1) is 16.4. The van der Waals surface area contributed by atoms with E-state index in [1.807, 2.05) is 19.9 Å². The van der Waals surface area contributed by atoms with Gasteiger partial charge >= 0.3 is 0 Å². The highest BCUT2D eigenvalue weighted by Crippen LogP contribution is 2.37. The molecule has 3 nitrogen and oxygen atoms in total. The van der Waals surface area contributed by atoms with Gasteiger partial charge in [0.2, 0.25) is 0 Å². The molecule has 0 saturated carbocycles. The maximum Gasteiger partial charge on any atom is 0.179 e. The molecule has 0 unspecified atom stereocenters. The molecule has 108 valence electrons. The summed E-state index contributed by atoms with van der Waals surface area (Å²) in [6.45, 7) is 4.51. The van der Waals surface area contributed by atoms with E-state index in [0.29, 0.717) is 29.0 Å². The van der Waals surface area contributed by atoms with Crippen LogP contribution in [0.25, 0.3) is 0 Å². The van der Waals surface area contributed by atoms with E-state index < -0.39 is 0 Å². The van der Waals surface area contributed by atoms with Crippen molar-refractivity contribution in [2.45, 2.75) is 31.7 Å². The van der Waals surface area contributed by atoms with Gasteiger partial charge in [-0.25, -0.2) is 0 Å². The van der Waals surface area contributed by atoms with Crippen molar-refractivity contribution >= 4 is 23.2 Å². The minimum absolute atomic E-state index is 0.226. The summed E-state index contributed by atoms with van der Waals surface area (Å²) in [4.78, 5) is 0. The molecule has 0 atom stereocenters. The zero-order valence-corrected chi connectivity index (χ0v) is 13.3. The van der Waals surface area contributed by atoms with E-state index in [9.17, 15) is 0 Å². The average Bonchev–Trinajstić information content (AvgIpc) is 2.39. The summed E-state index contributed by atoms with van der Waals surface area (Å²) >= 11 is 12.0. The quantitative estimate of drug-likeness (QED) is 0.704. The number of alkyl halides is 1. The third-order valence-electron chi connectivity index (χ3n) is 2.95. The fourth-order valence-corrected chi connectivity index (χ4v) is 1.93. The molecule has 19 heavy (non-hydrogen) atoms. The van der Waals surface area contributed by atoms with Gasteiger partial charge in [-0.15, -0.1) is 11.6 Å². The molecule has 0 bridgehead atoms. The lowest BCUT2D eigenvalue weighted by molar-refractivity contribution is 0.00526. The lowest BCUT2D eigenvalue weighted by Gasteiger charge is -2.23. The molecule has 0 aromatic heterocycles. The molecule has 1 rings (SSSR count). The molecule has 0 radical (unpaired) electrons. The molecule has 5 heteroatoms. The van der Waals surface area contributed by atoms with Gasteiger partial charge in [0.15, 0.2) is 11.5 Å². The van der Waals surface area contributed by atoms with Gasteiger partial charge in [0.25, 0.3) is 0 Å². The Balaban J connectivity index is 2.78. The van der Waals surface area contributed by atoms with E-state index >= 15 is 0 Å². The van der Waals surface area contributed by atoms with Crippen molar-refractivity contribution in [1.82, 2.24) is 0 Å². The Bertz CT molecular complexity index is 419. The van der Waals surface area contributed by atoms with Crippen molar-refractivity contribution in [3.8, 4) is 11.5 Å². The first-order chi connectivity index (χ1) is 8.93. The van der Waals surface area contributed by atoms with Crippen LogP contribution in [0.2, 0.25) is 5.02 Å². The molecular weight excluding hydrogens is 287 g/mol. The predicted octanol–water partition coefficient (Wildman–Crippen LogP) is 4.28. The van der Waals surface area contributed by atoms with Crippen LogP contribution in [0.4, 0.5) is 0 Å². The molecule has 1 aromatic rings. The normalized spacial score (nSPS) is 11.5. The van der Waals surface area contributed by atoms with Crippen molar-refractivity contribution in [3.05, 3.63) is 22.7 Å². The fraction of sp³-hybridized carbons (Fsp3) is 0.571. The molecule has 0 amide bonds. The second-order valence-corrected chi connectivity index (χ2v) is 5.48. The number of halogens is 2. The van der Waals surface area contributed by atoms with Crippen LogP contribution in [0.3, 0.4) is 0 Å². The molecule has 0 heterocycles. The highest BCUT2D eigenvalue weighted by atomic mass is 35.5. The van der Waals surface area contributed by atoms with Gasteiger partial charge in [0.05, 0.1) is 24.3 Å². The second kappa shape index (κ2) is 7.22. The Morgan fingerprint density at radius 2 is 1.89 bits per heavy atom. The Labute approximate surface area is 124 Å². The summed E-state index contributed by atoms with van der Waals surface area (Å²) in [6.07, 6.45) is 0.750. The van der Waals surface area contributed by atoms with E-state index in [0.717, 1.165) is 12.0 Å². The van der Waals surface area contributed by atoms with Crippen LogP contribution in [0.15, 0.2) is 12.1 Å². The van der Waals surface area contributed by atoms with Gasteiger partial charge in [0, 0.05) is 19.4 Å². The van der Waals surface area contributed by atoms with E-state index in [-0.39, 0.29) is 5.60 Å². The van der Waals surface area contributed by atoms with Gasteiger partial charge in [-0.2, -0.15) is 0 Å². The summed E-state index contributed by atoms with van der Waals surface area (Å²) in [5.41, 5.74) is 0.670. The van der Waals surface area contributed by atoms with Crippen LogP contribution in [-0.4, -0.2) is 26.4 Å². The van der Waals surface area contributed by atoms with E-state index in [2.05, 4.69) is 0 Å². The number of ether oxygens (including phenoxy) is 3. The second-order valence-electron chi connectivity index (χ2n) is 4.80. The van der Waals surface area contributed by atoms with Gasteiger partial charge in [-0.1, -0.05) is 11.6 Å². The molecule has 0 spiro atoms. The van der Waals surface area contributed by atoms with Crippen molar-refractivity contribution in [2.24, 2.45) is 0 Å². The van der Waals surface area contributed by atoms with Gasteiger partial charge in [-0.05, 0) is 31.5 Å². The third kappa shape index (κ3) is 4.75. The van der Waals surface area contributed by atoms with Gasteiger partial charge in [-0.3, -0.25) is 0 Å². The van der Waals surface area contributed by atoms with Crippen molar-refractivity contribution in [2.75, 3.05) is 20.8 Å². The zero-order valence-electron chi connectivity index (χ0n) is 11.8. The van der Waals surface area contributed by atoms with Crippen LogP contribution >= 0.6 is 23.2 Å². The number of methoxy groups -OCH3 is 2. The Morgan fingerprint density at radius 3 is 2.42 bits per heavy atom. The number of rotatable bonds is 7. The molecule has 1 aromatic carbocycles. The number of hydrogen-bond acceptors (Lipinski definition) is 3. The molecular formula is C14H20Cl2O3. The highest BCUT2D eigenvalue weighted by Gasteiger charge is 2.18. The largest absolute Gasteiger partial charge is 0.493 e. The number of benzene rings is 1. The summed E-state index contributed by atoms with van der Waals surface area (Å²) < 4.78 is 16.3. The maximum absolute atomic E-state index is 6.18. The summed E-state index contributed by atoms with van der Waals surface area (Å²) in [5, 5.41) is 0.505. The summed E-state index contributed by atoms with van der Waals surface area (Å²) in [6, 6.07) is 3.61. The molecule has 0 N–H and O–H groups in total. The van der Waals surface area contributed by atoms with E-state index in [4.69, 9.17) is 37.4 Å². The predicted molar refractivity (Wildman–Crippen MR) is 78.8 cm³/mol. The van der Waals surface area contributed by atoms with Crippen LogP contribution in [0, 0.1) is 0 Å². The van der Waals surface area contributed by atoms with E-state index in [1.165, 1.54) is 0 Å². The lowest BCUT2D eigenvalue weighted by atomic mass is 10.1. The topological polar surface area (TPSA) is 27.7 Å². The third-order valence-corrected chi connectivity index (χ3v) is 3.54. The minimum atomic E-state index is -0.226. The van der Waals surface area contributed by atoms with E-state index in [1.54, 1.807) is 20.3 Å². The van der Waals surface area contributed by atoms with Crippen LogP contribution in [0.1, 0.15) is 25.8 Å². The fourth-order valence-electron chi connectivity index (χ4n) is 1.49. The molecule has 0 saturated heterocycles. The minimum Gasteiger partial charge on any atom is -0.493 e. The summed E-state index contributed by atoms with van der Waals surface area (Å²) in [5.74, 6) is 1.52. The first-order valence-electron chi connectivity index (χ1n) is 6.04. The molecule has 0 aliphatic heterocycles. The Kier molecular flexibility index (Phi) is 6.24. The maximum atomic E-state index is 6.18. The molecule has 0 aliphatic carbocycles. The standard InChI is InChI=1S/C14H20Cl2O3/c1-14(2,18-4)5-6-19-13-11(16)7-10(9-15)8-12(13)17-3/h7-8H,5-6,9H2,1-4H3. The average molecular weight is 307 g/mol. The lowest BCUT2D eigenvalue weighted by Crippen LogP contribution is -2.25. The van der Waals surface area contributed by atoms with Gasteiger partial charge < -0.3 is 14.2 Å². The Morgan fingerprint density at radius 1 is 1.21 bits per heavy atom. The van der Waals surface area contributed by atoms with Crippen LogP contribution < -0.4 is 9.47 Å². The first-order valence-corrected chi connectivity index (χ1v) is 6.95. The SMILES string of the molecule is COc1cc(CCl)cc(Cl)c1OCCC(C)(C)OC. The Hall–Kier alpha value is -0.640. The van der Waals surface area contributed by atoms with Crippen LogP contribution in [-0.2, 0) is 10.6 Å². The highest BCUT2D eigenvalue weighted by molar-refractivity contribution is 6.32. The van der Waals surface area contributed by atoms with Crippen molar-refractivity contribution in [1.29, 1.82) is 0 Å². The van der Waals surface area contributed by atoms with Crippen molar-refractivity contribution < 1.29 is 14.2 Å². The zero-order chi connectivity index (χ0) is 14.5. The number of hydrogen-bond donors (Lipinski definition) is 0. The van der Waals surface area contributed by atoms with Crippen LogP contribution in [0.5, 0.6) is 11.5 Å². The van der Waals surface area contributed by atoms with Gasteiger partial charge in [0.1, 0.15) is 0 Å². The van der Waals surface area contributed by atoms with Crippen molar-refractivity contribution in [3.63, 3.8) is 0 Å². The smallest absolute Gasteiger partial charge is 0.179 e. The molecule has 0 fully saturated rings.